The summed E-state index contributed by atoms with van der Waals surface area (Å²) in [6.07, 6.45) is 5.62. The lowest BCUT2D eigenvalue weighted by Crippen LogP contribution is -2.39. The van der Waals surface area contributed by atoms with Crippen LogP contribution < -0.4 is 10.6 Å². The Hall–Kier alpha value is -2.01. The van der Waals surface area contributed by atoms with Crippen LogP contribution in [0.25, 0.3) is 0 Å². The molecule has 1 aromatic carbocycles. The number of aromatic nitrogens is 2. The predicted molar refractivity (Wildman–Crippen MR) is 91.4 cm³/mol. The van der Waals surface area contributed by atoms with Crippen molar-refractivity contribution in [3.63, 3.8) is 0 Å². The molecule has 2 aromatic rings. The van der Waals surface area contributed by atoms with Crippen LogP contribution in [0.3, 0.4) is 0 Å². The van der Waals surface area contributed by atoms with Gasteiger partial charge in [-0.1, -0.05) is 29.8 Å². The van der Waals surface area contributed by atoms with Gasteiger partial charge in [0.1, 0.15) is 0 Å². The number of hydrogen-bond donors (Lipinski definition) is 2. The molecule has 0 aliphatic carbocycles. The molecule has 0 fully saturated rings. The van der Waals surface area contributed by atoms with Crippen molar-refractivity contribution in [1.29, 1.82) is 0 Å². The van der Waals surface area contributed by atoms with Gasteiger partial charge in [-0.3, -0.25) is 9.67 Å². The van der Waals surface area contributed by atoms with Gasteiger partial charge in [-0.25, -0.2) is 0 Å². The number of hydrogen-bond acceptors (Lipinski definition) is 2. The van der Waals surface area contributed by atoms with Crippen LogP contribution in [0.1, 0.15) is 12.0 Å². The van der Waals surface area contributed by atoms with Gasteiger partial charge in [0.15, 0.2) is 5.96 Å². The minimum atomic E-state index is 0.794. The van der Waals surface area contributed by atoms with Crippen molar-refractivity contribution < 1.29 is 0 Å². The highest BCUT2D eigenvalue weighted by Gasteiger charge is 2.00. The van der Waals surface area contributed by atoms with Gasteiger partial charge in [0.05, 0.1) is 0 Å². The maximum Gasteiger partial charge on any atom is 0.190 e. The molecule has 0 aliphatic rings. The monoisotopic (exact) mass is 319 g/mol. The van der Waals surface area contributed by atoms with E-state index in [9.17, 15) is 0 Å². The summed E-state index contributed by atoms with van der Waals surface area (Å²) in [4.78, 5) is 4.22. The molecule has 0 bridgehead atoms. The van der Waals surface area contributed by atoms with Crippen molar-refractivity contribution in [3.05, 3.63) is 53.3 Å². The quantitative estimate of drug-likeness (QED) is 0.468. The first-order valence-corrected chi connectivity index (χ1v) is 7.83. The van der Waals surface area contributed by atoms with E-state index in [4.69, 9.17) is 11.6 Å². The van der Waals surface area contributed by atoms with Crippen LogP contribution in [-0.4, -0.2) is 35.9 Å². The van der Waals surface area contributed by atoms with E-state index in [1.54, 1.807) is 13.2 Å². The smallest absolute Gasteiger partial charge is 0.190 e. The van der Waals surface area contributed by atoms with Crippen LogP contribution in [0.4, 0.5) is 0 Å². The van der Waals surface area contributed by atoms with Crippen LogP contribution in [0, 0.1) is 0 Å². The molecule has 2 rings (SSSR count). The van der Waals surface area contributed by atoms with E-state index in [0.717, 1.165) is 49.0 Å². The van der Waals surface area contributed by atoms with E-state index >= 15 is 0 Å². The third-order valence-corrected chi connectivity index (χ3v) is 3.65. The van der Waals surface area contributed by atoms with Crippen LogP contribution in [-0.2, 0) is 13.0 Å². The lowest BCUT2D eigenvalue weighted by atomic mass is 10.1. The second-order valence-electron chi connectivity index (χ2n) is 4.89. The molecule has 0 saturated heterocycles. The topological polar surface area (TPSA) is 54.2 Å². The summed E-state index contributed by atoms with van der Waals surface area (Å²) in [6.45, 7) is 2.55. The molecule has 6 heteroatoms. The Morgan fingerprint density at radius 1 is 1.23 bits per heavy atom. The summed E-state index contributed by atoms with van der Waals surface area (Å²) in [5.74, 6) is 0.813. The Morgan fingerprint density at radius 2 is 2.05 bits per heavy atom. The fraction of sp³-hybridized carbons (Fsp3) is 0.375. The maximum absolute atomic E-state index is 6.14. The van der Waals surface area contributed by atoms with Gasteiger partial charge in [-0.2, -0.15) is 5.10 Å². The third-order valence-electron chi connectivity index (χ3n) is 3.28. The van der Waals surface area contributed by atoms with Crippen LogP contribution in [0.2, 0.25) is 5.02 Å². The number of aryl methyl sites for hydroxylation is 1. The Bertz CT molecular complexity index is 580. The standard InChI is InChI=1S/C16H22ClN5/c1-18-16(19-9-4-12-22-13-5-10-21-22)20-11-8-14-6-2-3-7-15(14)17/h2-3,5-7,10,13H,4,8-9,11-12H2,1H3,(H2,18,19,20). The van der Waals surface area contributed by atoms with Crippen molar-refractivity contribution in [2.24, 2.45) is 4.99 Å². The highest BCUT2D eigenvalue weighted by atomic mass is 35.5. The van der Waals surface area contributed by atoms with Gasteiger partial charge in [0.2, 0.25) is 0 Å². The molecule has 1 aromatic heterocycles. The fourth-order valence-corrected chi connectivity index (χ4v) is 2.35. The lowest BCUT2D eigenvalue weighted by Gasteiger charge is -2.12. The minimum Gasteiger partial charge on any atom is -0.356 e. The van der Waals surface area contributed by atoms with Crippen molar-refractivity contribution in [3.8, 4) is 0 Å². The largest absolute Gasteiger partial charge is 0.356 e. The lowest BCUT2D eigenvalue weighted by molar-refractivity contribution is 0.570. The van der Waals surface area contributed by atoms with Gasteiger partial charge < -0.3 is 10.6 Å². The summed E-state index contributed by atoms with van der Waals surface area (Å²) >= 11 is 6.14. The van der Waals surface area contributed by atoms with E-state index in [0.29, 0.717) is 0 Å². The van der Waals surface area contributed by atoms with Gasteiger partial charge in [-0.15, -0.1) is 0 Å². The van der Waals surface area contributed by atoms with E-state index in [1.165, 1.54) is 0 Å². The molecular weight excluding hydrogens is 298 g/mol. The van der Waals surface area contributed by atoms with E-state index < -0.39 is 0 Å². The van der Waals surface area contributed by atoms with Gasteiger partial charge >= 0.3 is 0 Å². The van der Waals surface area contributed by atoms with Gasteiger partial charge in [-0.05, 0) is 30.5 Å². The van der Waals surface area contributed by atoms with Crippen LogP contribution in [0.5, 0.6) is 0 Å². The number of halogens is 1. The number of nitrogens with zero attached hydrogens (tertiary/aromatic N) is 3. The zero-order chi connectivity index (χ0) is 15.6. The average Bonchev–Trinajstić information content (AvgIpc) is 3.05. The van der Waals surface area contributed by atoms with Gasteiger partial charge in [0, 0.05) is 44.1 Å². The zero-order valence-corrected chi connectivity index (χ0v) is 13.6. The SMILES string of the molecule is CN=C(NCCCn1cccn1)NCCc1ccccc1Cl. The molecule has 0 radical (unpaired) electrons. The predicted octanol–water partition coefficient (Wildman–Crippen LogP) is 2.33. The number of rotatable bonds is 7. The first kappa shape index (κ1) is 16.4. The molecule has 118 valence electrons. The molecule has 0 unspecified atom stereocenters. The number of aliphatic imine (C=N–C) groups is 1. The molecule has 22 heavy (non-hydrogen) atoms. The van der Waals surface area contributed by atoms with E-state index in [2.05, 4.69) is 20.7 Å². The number of benzene rings is 1. The highest BCUT2D eigenvalue weighted by molar-refractivity contribution is 6.31. The fourth-order valence-electron chi connectivity index (χ4n) is 2.12. The zero-order valence-electron chi connectivity index (χ0n) is 12.8. The second-order valence-corrected chi connectivity index (χ2v) is 5.30. The van der Waals surface area contributed by atoms with E-state index in [-0.39, 0.29) is 0 Å². The Kier molecular flexibility index (Phi) is 6.77. The molecule has 0 saturated carbocycles. The molecule has 2 N–H and O–H groups in total. The third kappa shape index (κ3) is 5.41. The van der Waals surface area contributed by atoms with Crippen molar-refractivity contribution >= 4 is 17.6 Å². The molecule has 1 heterocycles. The molecule has 5 nitrogen and oxygen atoms in total. The summed E-state index contributed by atoms with van der Waals surface area (Å²) in [6, 6.07) is 9.84. The Labute approximate surface area is 136 Å². The number of guanidine groups is 1. The van der Waals surface area contributed by atoms with Gasteiger partial charge in [0.25, 0.3) is 0 Å². The Balaban J connectivity index is 1.64. The molecule has 0 spiro atoms. The molecule has 0 atom stereocenters. The molecular formula is C16H22ClN5. The number of nitrogens with one attached hydrogen (secondary N) is 2. The second kappa shape index (κ2) is 9.10. The minimum absolute atomic E-state index is 0.794. The maximum atomic E-state index is 6.14. The van der Waals surface area contributed by atoms with E-state index in [1.807, 2.05) is 41.2 Å². The van der Waals surface area contributed by atoms with Crippen molar-refractivity contribution in [1.82, 2.24) is 20.4 Å². The first-order chi connectivity index (χ1) is 10.8. The molecule has 0 aliphatic heterocycles. The summed E-state index contributed by atoms with van der Waals surface area (Å²) in [5, 5.41) is 11.6. The normalized spacial score (nSPS) is 11.5. The summed E-state index contributed by atoms with van der Waals surface area (Å²) in [5.41, 5.74) is 1.14. The highest BCUT2D eigenvalue weighted by Crippen LogP contribution is 2.14. The van der Waals surface area contributed by atoms with Crippen LogP contribution in [0.15, 0.2) is 47.7 Å². The average molecular weight is 320 g/mol. The summed E-state index contributed by atoms with van der Waals surface area (Å²) in [7, 11) is 1.78. The van der Waals surface area contributed by atoms with Crippen molar-refractivity contribution in [2.75, 3.05) is 20.1 Å². The summed E-state index contributed by atoms with van der Waals surface area (Å²) < 4.78 is 1.93. The molecule has 0 amide bonds. The van der Waals surface area contributed by atoms with Crippen LogP contribution >= 0.6 is 11.6 Å². The Morgan fingerprint density at radius 3 is 2.77 bits per heavy atom. The van der Waals surface area contributed by atoms with Crippen molar-refractivity contribution in [2.45, 2.75) is 19.4 Å². The first-order valence-electron chi connectivity index (χ1n) is 7.45.